The number of piperazine rings is 1. The van der Waals surface area contributed by atoms with Crippen LogP contribution in [0, 0.1) is 13.8 Å². The van der Waals surface area contributed by atoms with Crippen LogP contribution in [0.1, 0.15) is 16.7 Å². The summed E-state index contributed by atoms with van der Waals surface area (Å²) in [5.74, 6) is 0. The molecule has 0 radical (unpaired) electrons. The molecule has 1 N–H and O–H groups in total. The summed E-state index contributed by atoms with van der Waals surface area (Å²) >= 11 is 4.28. The molecule has 0 amide bonds. The molecule has 7 heteroatoms. The van der Waals surface area contributed by atoms with Crippen LogP contribution in [0.15, 0.2) is 11.0 Å². The van der Waals surface area contributed by atoms with Gasteiger partial charge in [-0.1, -0.05) is 11.6 Å². The van der Waals surface area contributed by atoms with Crippen molar-refractivity contribution in [2.75, 3.05) is 26.2 Å². The van der Waals surface area contributed by atoms with Gasteiger partial charge >= 0.3 is 6.98 Å². The molecule has 1 aliphatic heterocycles. The van der Waals surface area contributed by atoms with Crippen LogP contribution in [-0.4, -0.2) is 38.1 Å². The van der Waals surface area contributed by atoms with E-state index in [0.29, 0.717) is 11.4 Å². The highest BCUT2D eigenvalue weighted by Gasteiger charge is 2.29. The van der Waals surface area contributed by atoms with E-state index in [4.69, 9.17) is 0 Å². The van der Waals surface area contributed by atoms with Crippen LogP contribution >= 0.6 is 12.6 Å². The maximum atomic E-state index is 13.1. The van der Waals surface area contributed by atoms with Gasteiger partial charge in [-0.25, -0.2) is 0 Å². The van der Waals surface area contributed by atoms with Crippen molar-refractivity contribution in [2.45, 2.75) is 25.3 Å². The molecule has 20 heavy (non-hydrogen) atoms. The molecule has 0 aromatic heterocycles. The van der Waals surface area contributed by atoms with Crippen LogP contribution < -0.4 is 10.8 Å². The average molecular weight is 303 g/mol. The van der Waals surface area contributed by atoms with E-state index in [9.17, 15) is 12.9 Å². The minimum atomic E-state index is -4.99. The number of benzene rings is 1. The van der Waals surface area contributed by atoms with Crippen LogP contribution in [0.4, 0.5) is 12.9 Å². The summed E-state index contributed by atoms with van der Waals surface area (Å²) in [5, 5.41) is 3.24. The third-order valence-electron chi connectivity index (χ3n) is 3.91. The maximum absolute atomic E-state index is 13.1. The molecule has 1 aliphatic rings. The molecule has 0 aliphatic carbocycles. The third kappa shape index (κ3) is 3.32. The Hall–Kier alpha value is -0.655. The van der Waals surface area contributed by atoms with Gasteiger partial charge in [0.15, 0.2) is 0 Å². The Labute approximate surface area is 123 Å². The minimum absolute atomic E-state index is 0.238. The minimum Gasteiger partial charge on any atom is -0.445 e. The number of hydrogen-bond donors (Lipinski definition) is 2. The molecule has 0 saturated carbocycles. The van der Waals surface area contributed by atoms with Gasteiger partial charge in [-0.05, 0) is 25.0 Å². The Morgan fingerprint density at radius 2 is 1.80 bits per heavy atom. The first-order valence-corrected chi connectivity index (χ1v) is 7.20. The van der Waals surface area contributed by atoms with Gasteiger partial charge in [0.1, 0.15) is 0 Å². The second-order valence-corrected chi connectivity index (χ2v) is 5.77. The van der Waals surface area contributed by atoms with Crippen LogP contribution in [-0.2, 0) is 6.54 Å². The average Bonchev–Trinajstić information content (AvgIpc) is 2.39. The van der Waals surface area contributed by atoms with Gasteiger partial charge in [0.25, 0.3) is 0 Å². The molecular formula is C13H19BF3N2S-. The zero-order valence-electron chi connectivity index (χ0n) is 11.7. The third-order valence-corrected chi connectivity index (χ3v) is 4.58. The summed E-state index contributed by atoms with van der Waals surface area (Å²) in [5.41, 5.74) is 1.32. The summed E-state index contributed by atoms with van der Waals surface area (Å²) in [7, 11) is 0. The number of hydrogen-bond acceptors (Lipinski definition) is 3. The summed E-state index contributed by atoms with van der Waals surface area (Å²) in [4.78, 5) is 2.64. The van der Waals surface area contributed by atoms with Gasteiger partial charge in [-0.3, -0.25) is 4.90 Å². The quantitative estimate of drug-likeness (QED) is 0.656. The number of nitrogens with one attached hydrogen (secondary N) is 1. The lowest BCUT2D eigenvalue weighted by atomic mass is 9.75. The summed E-state index contributed by atoms with van der Waals surface area (Å²) < 4.78 is 39.4. The first-order valence-electron chi connectivity index (χ1n) is 6.75. The molecule has 1 aromatic carbocycles. The molecule has 1 heterocycles. The fourth-order valence-corrected chi connectivity index (χ4v) is 2.86. The van der Waals surface area contributed by atoms with E-state index in [0.717, 1.165) is 37.3 Å². The van der Waals surface area contributed by atoms with Crippen molar-refractivity contribution >= 4 is 25.1 Å². The summed E-state index contributed by atoms with van der Waals surface area (Å²) in [6.07, 6.45) is 0. The molecular weight excluding hydrogens is 284 g/mol. The van der Waals surface area contributed by atoms with Crippen molar-refractivity contribution in [3.05, 3.63) is 22.8 Å². The van der Waals surface area contributed by atoms with E-state index >= 15 is 0 Å². The van der Waals surface area contributed by atoms with Gasteiger partial charge in [0.2, 0.25) is 0 Å². The molecule has 0 spiro atoms. The second-order valence-electron chi connectivity index (χ2n) is 5.32. The SMILES string of the molecule is Cc1c(CN2CCNCC2)cc([B-](F)(F)F)c(C)c1S. The highest BCUT2D eigenvalue weighted by molar-refractivity contribution is 7.80. The van der Waals surface area contributed by atoms with Crippen LogP contribution in [0.2, 0.25) is 0 Å². The van der Waals surface area contributed by atoms with Gasteiger partial charge < -0.3 is 18.3 Å². The lowest BCUT2D eigenvalue weighted by molar-refractivity contribution is 0.232. The van der Waals surface area contributed by atoms with Crippen molar-refractivity contribution in [3.63, 3.8) is 0 Å². The van der Waals surface area contributed by atoms with Gasteiger partial charge in [-0.2, -0.15) is 0 Å². The topological polar surface area (TPSA) is 15.3 Å². The lowest BCUT2D eigenvalue weighted by Gasteiger charge is -2.29. The fourth-order valence-electron chi connectivity index (χ4n) is 2.59. The van der Waals surface area contributed by atoms with Crippen molar-refractivity contribution in [1.29, 1.82) is 0 Å². The first kappa shape index (κ1) is 15.7. The van der Waals surface area contributed by atoms with Crippen LogP contribution in [0.25, 0.3) is 0 Å². The predicted octanol–water partition coefficient (Wildman–Crippen LogP) is 2.05. The fraction of sp³-hybridized carbons (Fsp3) is 0.538. The van der Waals surface area contributed by atoms with E-state index < -0.39 is 12.4 Å². The van der Waals surface area contributed by atoms with Crippen molar-refractivity contribution in [2.24, 2.45) is 0 Å². The summed E-state index contributed by atoms with van der Waals surface area (Å²) in [6.45, 7) is 2.40. The molecule has 0 atom stereocenters. The van der Waals surface area contributed by atoms with Crippen molar-refractivity contribution in [3.8, 4) is 0 Å². The zero-order valence-corrected chi connectivity index (χ0v) is 12.6. The maximum Gasteiger partial charge on any atom is 0.509 e. The highest BCUT2D eigenvalue weighted by atomic mass is 32.1. The Balaban J connectivity index is 2.34. The second kappa shape index (κ2) is 5.99. The Morgan fingerprint density at radius 3 is 2.35 bits per heavy atom. The Bertz CT molecular complexity index is 499. The lowest BCUT2D eigenvalue weighted by Crippen LogP contribution is -2.43. The van der Waals surface area contributed by atoms with Crippen molar-refractivity contribution < 1.29 is 12.9 Å². The molecule has 2 rings (SSSR count). The number of nitrogens with zero attached hydrogens (tertiary/aromatic N) is 1. The van der Waals surface area contributed by atoms with E-state index in [1.54, 1.807) is 0 Å². The Kier molecular flexibility index (Phi) is 4.71. The first-order chi connectivity index (χ1) is 9.30. The monoisotopic (exact) mass is 303 g/mol. The summed E-state index contributed by atoms with van der Waals surface area (Å²) in [6, 6.07) is 1.31. The molecule has 0 unspecified atom stereocenters. The predicted molar refractivity (Wildman–Crippen MR) is 80.0 cm³/mol. The normalized spacial score (nSPS) is 17.5. The van der Waals surface area contributed by atoms with E-state index in [2.05, 4.69) is 22.8 Å². The highest BCUT2D eigenvalue weighted by Crippen LogP contribution is 2.25. The largest absolute Gasteiger partial charge is 0.509 e. The number of thiol groups is 1. The van der Waals surface area contributed by atoms with Gasteiger partial charge in [0, 0.05) is 37.6 Å². The Morgan fingerprint density at radius 1 is 1.20 bits per heavy atom. The molecule has 1 aromatic rings. The van der Waals surface area contributed by atoms with E-state index in [-0.39, 0.29) is 5.56 Å². The van der Waals surface area contributed by atoms with Crippen LogP contribution in [0.5, 0.6) is 0 Å². The molecule has 1 saturated heterocycles. The zero-order chi connectivity index (χ0) is 14.9. The van der Waals surface area contributed by atoms with Gasteiger partial charge in [0.05, 0.1) is 0 Å². The van der Waals surface area contributed by atoms with E-state index in [1.807, 2.05) is 6.92 Å². The van der Waals surface area contributed by atoms with Gasteiger partial charge in [-0.15, -0.1) is 18.1 Å². The smallest absolute Gasteiger partial charge is 0.445 e. The number of rotatable bonds is 3. The molecule has 0 bridgehead atoms. The molecule has 1 fully saturated rings. The van der Waals surface area contributed by atoms with E-state index in [1.165, 1.54) is 13.0 Å². The van der Waals surface area contributed by atoms with Crippen LogP contribution in [0.3, 0.4) is 0 Å². The molecule has 2 nitrogen and oxygen atoms in total. The number of halogens is 3. The standard InChI is InChI=1S/C13H19BF3N2S/c1-9-11(8-19-5-3-18-4-6-19)7-12(14(15,16)17)10(2)13(9)20/h7,18,20H,3-6,8H2,1-2H3/q-1. The van der Waals surface area contributed by atoms with Crippen molar-refractivity contribution in [1.82, 2.24) is 10.2 Å². The molecule has 112 valence electrons.